The molecule has 0 saturated carbocycles. The van der Waals surface area contributed by atoms with Crippen LogP contribution in [0.25, 0.3) is 22.2 Å². The first-order valence-corrected chi connectivity index (χ1v) is 10.9. The number of nitrogen functional groups attached to an aromatic ring is 1. The predicted molar refractivity (Wildman–Crippen MR) is 123 cm³/mol. The lowest BCUT2D eigenvalue weighted by Crippen LogP contribution is -2.40. The van der Waals surface area contributed by atoms with Crippen LogP contribution in [0.5, 0.6) is 0 Å². The van der Waals surface area contributed by atoms with Gasteiger partial charge in [0.15, 0.2) is 0 Å². The van der Waals surface area contributed by atoms with Gasteiger partial charge in [0, 0.05) is 47.1 Å². The van der Waals surface area contributed by atoms with Crippen LogP contribution >= 0.6 is 0 Å². The average molecular weight is 415 g/mol. The van der Waals surface area contributed by atoms with E-state index in [0.717, 1.165) is 53.4 Å². The van der Waals surface area contributed by atoms with Crippen molar-refractivity contribution in [3.05, 3.63) is 58.7 Å². The predicted octanol–water partition coefficient (Wildman–Crippen LogP) is 3.83. The highest BCUT2D eigenvalue weighted by molar-refractivity contribution is 6.05. The summed E-state index contributed by atoms with van der Waals surface area (Å²) >= 11 is 0. The summed E-state index contributed by atoms with van der Waals surface area (Å²) in [6.45, 7) is 2.47. The van der Waals surface area contributed by atoms with E-state index in [1.165, 1.54) is 17.3 Å². The first-order chi connectivity index (χ1) is 15.2. The molecule has 0 atom stereocenters. The molecule has 1 aromatic heterocycles. The van der Waals surface area contributed by atoms with Crippen LogP contribution in [0, 0.1) is 5.41 Å². The molecule has 5 rings (SSSR count). The van der Waals surface area contributed by atoms with Gasteiger partial charge >= 0.3 is 0 Å². The van der Waals surface area contributed by atoms with Crippen LogP contribution in [-0.2, 0) is 17.6 Å². The maximum Gasteiger partial charge on any atom is 0.254 e. The van der Waals surface area contributed by atoms with Gasteiger partial charge in [-0.15, -0.1) is 0 Å². The monoisotopic (exact) mass is 414 g/mol. The molecule has 1 aliphatic carbocycles. The standard InChI is InChI=1S/C25H26N4O2/c26-15-20-21(27)9-10-22-23(20)18-3-1-2-4-19(18)24(28-22)16-5-7-17(8-6-16)25(30)29-11-13-31-14-12-29/h5-10,15,26H,1-4,11-14,27H2. The molecule has 1 amide bonds. The van der Waals surface area contributed by atoms with Gasteiger partial charge in [-0.2, -0.15) is 0 Å². The lowest BCUT2D eigenvalue weighted by Gasteiger charge is -2.27. The molecule has 6 nitrogen and oxygen atoms in total. The molecular formula is C25H26N4O2. The zero-order valence-electron chi connectivity index (χ0n) is 17.5. The number of anilines is 1. The number of aromatic nitrogens is 1. The molecule has 31 heavy (non-hydrogen) atoms. The molecule has 1 aliphatic heterocycles. The quantitative estimate of drug-likeness (QED) is 0.503. The van der Waals surface area contributed by atoms with Gasteiger partial charge in [-0.1, -0.05) is 12.1 Å². The summed E-state index contributed by atoms with van der Waals surface area (Å²) in [5.74, 6) is 0.0504. The van der Waals surface area contributed by atoms with E-state index in [4.69, 9.17) is 20.9 Å². The summed E-state index contributed by atoms with van der Waals surface area (Å²) in [6, 6.07) is 11.6. The second kappa shape index (κ2) is 8.12. The van der Waals surface area contributed by atoms with E-state index in [0.29, 0.717) is 37.6 Å². The highest BCUT2D eigenvalue weighted by Crippen LogP contribution is 2.37. The van der Waals surface area contributed by atoms with Crippen molar-refractivity contribution in [3.63, 3.8) is 0 Å². The van der Waals surface area contributed by atoms with Crippen LogP contribution in [0.3, 0.4) is 0 Å². The fourth-order valence-corrected chi connectivity index (χ4v) is 4.78. The molecule has 0 radical (unpaired) electrons. The van der Waals surface area contributed by atoms with E-state index < -0.39 is 0 Å². The van der Waals surface area contributed by atoms with Crippen molar-refractivity contribution in [2.45, 2.75) is 25.7 Å². The number of amides is 1. The first kappa shape index (κ1) is 19.7. The molecule has 0 spiro atoms. The third-order valence-electron chi connectivity index (χ3n) is 6.39. The number of aryl methyl sites for hydroxylation is 1. The van der Waals surface area contributed by atoms with Gasteiger partial charge in [-0.3, -0.25) is 4.79 Å². The Morgan fingerprint density at radius 3 is 2.45 bits per heavy atom. The third-order valence-corrected chi connectivity index (χ3v) is 6.39. The third kappa shape index (κ3) is 3.47. The Hall–Kier alpha value is -3.25. The first-order valence-electron chi connectivity index (χ1n) is 10.9. The molecule has 0 unspecified atom stereocenters. The van der Waals surface area contributed by atoms with Crippen molar-refractivity contribution in [2.75, 3.05) is 32.0 Å². The summed E-state index contributed by atoms with van der Waals surface area (Å²) in [4.78, 5) is 19.6. The number of rotatable bonds is 3. The van der Waals surface area contributed by atoms with E-state index >= 15 is 0 Å². The van der Waals surface area contributed by atoms with E-state index in [1.54, 1.807) is 0 Å². The SMILES string of the molecule is N=Cc1c(N)ccc2nc(-c3ccc(C(=O)N4CCOCC4)cc3)c3c(c12)CCCC3. The summed E-state index contributed by atoms with van der Waals surface area (Å²) in [6.07, 6.45) is 5.54. The van der Waals surface area contributed by atoms with Gasteiger partial charge in [-0.25, -0.2) is 4.98 Å². The molecule has 6 heteroatoms. The van der Waals surface area contributed by atoms with Crippen molar-refractivity contribution < 1.29 is 9.53 Å². The van der Waals surface area contributed by atoms with E-state index in [1.807, 2.05) is 41.3 Å². The fraction of sp³-hybridized carbons (Fsp3) is 0.320. The molecule has 158 valence electrons. The van der Waals surface area contributed by atoms with Gasteiger partial charge in [0.25, 0.3) is 5.91 Å². The number of nitrogens with two attached hydrogens (primary N) is 1. The highest BCUT2D eigenvalue weighted by atomic mass is 16.5. The smallest absolute Gasteiger partial charge is 0.254 e. The Balaban J connectivity index is 1.58. The summed E-state index contributed by atoms with van der Waals surface area (Å²) in [5, 5.41) is 8.89. The maximum atomic E-state index is 12.8. The average Bonchev–Trinajstić information content (AvgIpc) is 2.84. The van der Waals surface area contributed by atoms with Crippen molar-refractivity contribution in [1.29, 1.82) is 5.41 Å². The second-order valence-electron chi connectivity index (χ2n) is 8.21. The Morgan fingerprint density at radius 1 is 1.03 bits per heavy atom. The number of ether oxygens (including phenoxy) is 1. The Labute approximate surface area is 181 Å². The van der Waals surface area contributed by atoms with Gasteiger partial charge in [0.1, 0.15) is 0 Å². The van der Waals surface area contributed by atoms with Crippen LogP contribution in [0.1, 0.15) is 39.9 Å². The molecule has 1 saturated heterocycles. The molecule has 0 bridgehead atoms. The molecule has 2 heterocycles. The molecule has 2 aliphatic rings. The van der Waals surface area contributed by atoms with Gasteiger partial charge in [0.05, 0.1) is 24.4 Å². The molecule has 2 aromatic carbocycles. The van der Waals surface area contributed by atoms with Crippen LogP contribution in [0.15, 0.2) is 36.4 Å². The second-order valence-corrected chi connectivity index (χ2v) is 8.21. The lowest BCUT2D eigenvalue weighted by atomic mass is 9.85. The number of hydrogen-bond acceptors (Lipinski definition) is 5. The Morgan fingerprint density at radius 2 is 1.74 bits per heavy atom. The van der Waals surface area contributed by atoms with E-state index in [9.17, 15) is 4.79 Å². The largest absolute Gasteiger partial charge is 0.398 e. The molecule has 3 aromatic rings. The minimum absolute atomic E-state index is 0.0504. The van der Waals surface area contributed by atoms with Crippen LogP contribution in [0.2, 0.25) is 0 Å². The number of nitrogens with one attached hydrogen (secondary N) is 1. The van der Waals surface area contributed by atoms with Crippen LogP contribution < -0.4 is 5.73 Å². The molecule has 3 N–H and O–H groups in total. The van der Waals surface area contributed by atoms with Crippen molar-refractivity contribution in [3.8, 4) is 11.3 Å². The fourth-order valence-electron chi connectivity index (χ4n) is 4.78. The Kier molecular flexibility index (Phi) is 5.16. The van der Waals surface area contributed by atoms with Crippen LogP contribution in [0.4, 0.5) is 5.69 Å². The normalized spacial score (nSPS) is 16.2. The number of carbonyl (C=O) groups is 1. The minimum atomic E-state index is 0.0504. The number of hydrogen-bond donors (Lipinski definition) is 2. The maximum absolute atomic E-state index is 12.8. The molecular weight excluding hydrogens is 388 g/mol. The zero-order valence-corrected chi connectivity index (χ0v) is 17.5. The van der Waals surface area contributed by atoms with Crippen molar-refractivity contribution in [1.82, 2.24) is 9.88 Å². The summed E-state index contributed by atoms with van der Waals surface area (Å²) in [7, 11) is 0. The highest BCUT2D eigenvalue weighted by Gasteiger charge is 2.22. The topological polar surface area (TPSA) is 92.3 Å². The number of pyridine rings is 1. The molecule has 1 fully saturated rings. The van der Waals surface area contributed by atoms with E-state index in [2.05, 4.69) is 0 Å². The summed E-state index contributed by atoms with van der Waals surface area (Å²) < 4.78 is 5.35. The Bertz CT molecular complexity index is 1160. The zero-order chi connectivity index (χ0) is 21.4. The van der Waals surface area contributed by atoms with Gasteiger partial charge < -0.3 is 20.8 Å². The lowest BCUT2D eigenvalue weighted by molar-refractivity contribution is 0.0303. The number of benzene rings is 2. The van der Waals surface area contributed by atoms with Gasteiger partial charge in [0.2, 0.25) is 0 Å². The minimum Gasteiger partial charge on any atom is -0.398 e. The van der Waals surface area contributed by atoms with Gasteiger partial charge in [-0.05, 0) is 61.1 Å². The van der Waals surface area contributed by atoms with Crippen molar-refractivity contribution in [2.24, 2.45) is 0 Å². The number of fused-ring (bicyclic) bond motifs is 3. The number of morpholine rings is 1. The van der Waals surface area contributed by atoms with Crippen molar-refractivity contribution >= 4 is 28.7 Å². The number of nitrogens with zero attached hydrogens (tertiary/aromatic N) is 2. The van der Waals surface area contributed by atoms with E-state index in [-0.39, 0.29) is 5.91 Å². The summed E-state index contributed by atoms with van der Waals surface area (Å²) in [5.41, 5.74) is 13.6. The van der Waals surface area contributed by atoms with Crippen LogP contribution in [-0.4, -0.2) is 48.3 Å². The number of carbonyl (C=O) groups excluding carboxylic acids is 1.